The largest absolute Gasteiger partial charge is 0.292 e. The summed E-state index contributed by atoms with van der Waals surface area (Å²) in [6.45, 7) is 1.37. The summed E-state index contributed by atoms with van der Waals surface area (Å²) in [4.78, 5) is 51.3. The van der Waals surface area contributed by atoms with Crippen LogP contribution in [0.5, 0.6) is 0 Å². The van der Waals surface area contributed by atoms with Gasteiger partial charge in [0.1, 0.15) is 15.8 Å². The monoisotopic (exact) mass is 686 g/mol. The van der Waals surface area contributed by atoms with E-state index < -0.39 is 55.5 Å². The first-order valence-electron chi connectivity index (χ1n) is 11.2. The van der Waals surface area contributed by atoms with Crippen LogP contribution in [-0.2, 0) is 9.59 Å². The number of benzene rings is 2. The van der Waals surface area contributed by atoms with Crippen LogP contribution in [0.1, 0.15) is 27.6 Å². The summed E-state index contributed by atoms with van der Waals surface area (Å²) in [5.41, 5.74) is 0.171. The zero-order valence-corrected chi connectivity index (χ0v) is 25.4. The lowest BCUT2D eigenvalue weighted by atomic mass is 9.84. The average molecular weight is 690 g/mol. The summed E-state index contributed by atoms with van der Waals surface area (Å²) in [7, 11) is 0. The van der Waals surface area contributed by atoms with E-state index in [0.717, 1.165) is 5.01 Å². The van der Waals surface area contributed by atoms with E-state index in [1.807, 2.05) is 0 Å². The predicted molar refractivity (Wildman–Crippen MR) is 152 cm³/mol. The number of nitrogens with zero attached hydrogens (tertiary/aromatic N) is 2. The predicted octanol–water partition coefficient (Wildman–Crippen LogP) is 7.07. The maximum atomic E-state index is 14.0. The lowest BCUT2D eigenvalue weighted by molar-refractivity contribution is -0.157. The number of ketones is 1. The summed E-state index contributed by atoms with van der Waals surface area (Å²) in [5, 5.41) is 0.912. The number of amides is 3. The molecule has 0 unspecified atom stereocenters. The third kappa shape index (κ3) is 3.69. The summed E-state index contributed by atoms with van der Waals surface area (Å²) in [6.07, 6.45) is 0. The van der Waals surface area contributed by atoms with Gasteiger partial charge in [-0.15, -0.1) is 23.2 Å². The number of rotatable bonds is 5. The first-order valence-corrected chi connectivity index (χ1v) is 14.2. The molecule has 0 N–H and O–H groups in total. The Hall–Kier alpha value is -1.22. The minimum Gasteiger partial charge on any atom is -0.292 e. The van der Waals surface area contributed by atoms with Gasteiger partial charge in [0.15, 0.2) is 10.1 Å². The summed E-state index contributed by atoms with van der Waals surface area (Å²) in [6, 6.07) is 10.6. The van der Waals surface area contributed by atoms with Crippen molar-refractivity contribution < 1.29 is 19.2 Å². The fourth-order valence-corrected chi connectivity index (χ4v) is 8.58. The number of carbonyl (C=O) groups is 4. The number of hydrogen-bond acceptors (Lipinski definition) is 4. The number of fused-ring (bicyclic) bond motifs is 5. The number of imide groups is 1. The summed E-state index contributed by atoms with van der Waals surface area (Å²) < 4.78 is -2.16. The number of hydrogen-bond donors (Lipinski definition) is 0. The summed E-state index contributed by atoms with van der Waals surface area (Å²) >= 11 is 51.6. The molecule has 3 aliphatic rings. The normalized spacial score (nSPS) is 29.6. The molecule has 39 heavy (non-hydrogen) atoms. The van der Waals surface area contributed by atoms with Gasteiger partial charge >= 0.3 is 0 Å². The van der Waals surface area contributed by atoms with Gasteiger partial charge < -0.3 is 0 Å². The van der Waals surface area contributed by atoms with Crippen molar-refractivity contribution >= 4 is 116 Å². The number of hydrazine groups is 1. The highest BCUT2D eigenvalue weighted by Crippen LogP contribution is 2.77. The Morgan fingerprint density at radius 2 is 1.31 bits per heavy atom. The summed E-state index contributed by atoms with van der Waals surface area (Å²) in [5.74, 6) is -6.45. The number of halogens is 8. The fourth-order valence-electron chi connectivity index (χ4n) is 5.35. The van der Waals surface area contributed by atoms with E-state index in [-0.39, 0.29) is 31.2 Å². The molecule has 0 aromatic heterocycles. The maximum Gasteiger partial charge on any atom is 0.273 e. The molecule has 204 valence electrons. The number of Topliss-reactive ketones (excluding diaryl/α,β-unsaturated/α-hetero) is 1. The Labute approximate surface area is 262 Å². The van der Waals surface area contributed by atoms with Gasteiger partial charge in [-0.05, 0) is 25.1 Å². The Bertz CT molecular complexity index is 1450. The second kappa shape index (κ2) is 9.67. The number of allylic oxidation sites excluding steroid dienone is 2. The van der Waals surface area contributed by atoms with E-state index in [1.165, 1.54) is 37.3 Å². The molecule has 3 amide bonds. The zero-order chi connectivity index (χ0) is 28.8. The average Bonchev–Trinajstić information content (AvgIpc) is 3.29. The van der Waals surface area contributed by atoms with Crippen LogP contribution in [0.3, 0.4) is 0 Å². The van der Waals surface area contributed by atoms with Gasteiger partial charge in [-0.2, -0.15) is 5.01 Å². The van der Waals surface area contributed by atoms with Crippen LogP contribution >= 0.6 is 92.8 Å². The molecule has 2 aromatic carbocycles. The Balaban J connectivity index is 1.65. The molecule has 5 rings (SSSR count). The smallest absolute Gasteiger partial charge is 0.273 e. The van der Waals surface area contributed by atoms with Crippen molar-refractivity contribution in [3.8, 4) is 0 Å². The molecule has 0 radical (unpaired) electrons. The molecule has 1 saturated carbocycles. The van der Waals surface area contributed by atoms with Crippen molar-refractivity contribution in [2.24, 2.45) is 11.8 Å². The van der Waals surface area contributed by atoms with E-state index in [0.29, 0.717) is 5.01 Å². The fraction of sp³-hybridized carbons (Fsp3) is 0.280. The lowest BCUT2D eigenvalue weighted by Crippen LogP contribution is -2.59. The van der Waals surface area contributed by atoms with Crippen molar-refractivity contribution in [3.05, 3.63) is 79.8 Å². The third-order valence-electron chi connectivity index (χ3n) is 7.28. The molecule has 5 atom stereocenters. The topological polar surface area (TPSA) is 74.8 Å². The Kier molecular flexibility index (Phi) is 7.26. The first-order chi connectivity index (χ1) is 18.1. The van der Waals surface area contributed by atoms with E-state index in [2.05, 4.69) is 0 Å². The molecule has 2 fully saturated rings. The van der Waals surface area contributed by atoms with Gasteiger partial charge in [-0.25, -0.2) is 5.01 Å². The van der Waals surface area contributed by atoms with Crippen molar-refractivity contribution in [1.82, 2.24) is 10.0 Å². The van der Waals surface area contributed by atoms with Crippen LogP contribution in [0.2, 0.25) is 10.0 Å². The van der Waals surface area contributed by atoms with Crippen LogP contribution in [0.4, 0.5) is 0 Å². The Morgan fingerprint density at radius 1 is 0.795 bits per heavy atom. The number of alkyl halides is 4. The van der Waals surface area contributed by atoms with Crippen molar-refractivity contribution in [2.45, 2.75) is 27.0 Å². The highest BCUT2D eigenvalue weighted by molar-refractivity contribution is 6.66. The third-order valence-corrected chi connectivity index (χ3v) is 12.3. The van der Waals surface area contributed by atoms with Gasteiger partial charge in [0.25, 0.3) is 17.7 Å². The quantitative estimate of drug-likeness (QED) is 0.191. The highest BCUT2D eigenvalue weighted by Gasteiger charge is 2.88. The molecule has 2 aliphatic carbocycles. The maximum absolute atomic E-state index is 14.0. The molecule has 0 spiro atoms. The minimum absolute atomic E-state index is 0.0368. The van der Waals surface area contributed by atoms with Crippen molar-refractivity contribution in [2.75, 3.05) is 0 Å². The van der Waals surface area contributed by atoms with Crippen molar-refractivity contribution in [3.63, 3.8) is 0 Å². The van der Waals surface area contributed by atoms with E-state index in [1.54, 1.807) is 18.2 Å². The molecule has 14 heteroatoms. The van der Waals surface area contributed by atoms with Gasteiger partial charge in [-0.1, -0.05) is 99.9 Å². The molecule has 6 nitrogen and oxygen atoms in total. The van der Waals surface area contributed by atoms with Gasteiger partial charge in [0.2, 0.25) is 0 Å². The molecular weight excluding hydrogens is 676 g/mol. The standard InChI is InChI=1S/C25H14Cl8N2O4/c1-10(17(36)11-5-3-2-4-6-11)34(20(37)12-7-8-13(26)14(27)9-12)35-21(38)15-16(22(35)39)24(31)19(29)18(28)23(15,30)25(24,32)33/h2-10,15-16H,1H3/t10-,15-,16-,23-,24-/m1/s1. The molecule has 1 aliphatic heterocycles. The minimum atomic E-state index is -2.16. The molecule has 1 saturated heterocycles. The molecular formula is C25H14Cl8N2O4. The van der Waals surface area contributed by atoms with Gasteiger partial charge in [0, 0.05) is 11.1 Å². The van der Waals surface area contributed by atoms with E-state index >= 15 is 0 Å². The molecule has 2 bridgehead atoms. The van der Waals surface area contributed by atoms with Crippen LogP contribution < -0.4 is 0 Å². The van der Waals surface area contributed by atoms with E-state index in [9.17, 15) is 19.2 Å². The van der Waals surface area contributed by atoms with Crippen LogP contribution in [0.25, 0.3) is 0 Å². The van der Waals surface area contributed by atoms with Gasteiger partial charge in [-0.3, -0.25) is 19.2 Å². The first kappa shape index (κ1) is 29.3. The Morgan fingerprint density at radius 3 is 1.79 bits per heavy atom. The van der Waals surface area contributed by atoms with Crippen molar-refractivity contribution in [1.29, 1.82) is 0 Å². The van der Waals surface area contributed by atoms with Crippen LogP contribution in [-0.4, -0.2) is 53.6 Å². The van der Waals surface area contributed by atoms with Gasteiger partial charge in [0.05, 0.1) is 31.9 Å². The van der Waals surface area contributed by atoms with Crippen LogP contribution in [0, 0.1) is 11.8 Å². The zero-order valence-electron chi connectivity index (χ0n) is 19.4. The highest BCUT2D eigenvalue weighted by atomic mass is 35.5. The second-order valence-corrected chi connectivity index (χ2v) is 13.3. The number of carbonyl (C=O) groups excluding carboxylic acids is 4. The molecule has 2 aromatic rings. The molecule has 1 heterocycles. The van der Waals surface area contributed by atoms with Crippen LogP contribution in [0.15, 0.2) is 58.6 Å². The lowest BCUT2D eigenvalue weighted by Gasteiger charge is -2.38. The van der Waals surface area contributed by atoms with E-state index in [4.69, 9.17) is 92.8 Å². The second-order valence-electron chi connectivity index (χ2n) is 9.25. The SMILES string of the molecule is C[C@H](C(=O)c1ccccc1)N(C(=O)c1ccc(Cl)c(Cl)c1)N1C(=O)[C@H]2[C@H](C1=O)[C@@]1(Cl)C(Cl)=C(Cl)[C@@]2(Cl)C1(Cl)Cl.